The van der Waals surface area contributed by atoms with Crippen LogP contribution >= 0.6 is 0 Å². The van der Waals surface area contributed by atoms with E-state index in [0.29, 0.717) is 11.5 Å². The molecule has 0 bridgehead atoms. The SMILES string of the molecule is CC(C)(C)[C@@H]1CO1. The second-order valence-electron chi connectivity index (χ2n) is 3.19. The fourth-order valence-electron chi connectivity index (χ4n) is 0.548. The molecule has 1 saturated heterocycles. The molecular formula is C6H12O. The van der Waals surface area contributed by atoms with Crippen molar-refractivity contribution in [3.8, 4) is 0 Å². The van der Waals surface area contributed by atoms with Gasteiger partial charge >= 0.3 is 0 Å². The van der Waals surface area contributed by atoms with E-state index in [2.05, 4.69) is 20.8 Å². The highest BCUT2D eigenvalue weighted by Gasteiger charge is 2.35. The molecule has 0 saturated carbocycles. The van der Waals surface area contributed by atoms with Gasteiger partial charge in [-0.3, -0.25) is 0 Å². The Morgan fingerprint density at radius 3 is 1.86 bits per heavy atom. The maximum absolute atomic E-state index is 5.07. The van der Waals surface area contributed by atoms with Crippen LogP contribution in [0.25, 0.3) is 0 Å². The summed E-state index contributed by atoms with van der Waals surface area (Å²) in [5.74, 6) is 0. The van der Waals surface area contributed by atoms with Gasteiger partial charge in [0.2, 0.25) is 0 Å². The van der Waals surface area contributed by atoms with Gasteiger partial charge in [0.15, 0.2) is 0 Å². The predicted octanol–water partition coefficient (Wildman–Crippen LogP) is 1.43. The largest absolute Gasteiger partial charge is 0.373 e. The third-order valence-corrected chi connectivity index (χ3v) is 1.30. The van der Waals surface area contributed by atoms with Crippen molar-refractivity contribution in [2.75, 3.05) is 6.61 Å². The smallest absolute Gasteiger partial charge is 0.0858 e. The molecule has 1 aliphatic heterocycles. The first-order valence-electron chi connectivity index (χ1n) is 2.72. The molecule has 42 valence electrons. The zero-order valence-corrected chi connectivity index (χ0v) is 5.19. The van der Waals surface area contributed by atoms with Gasteiger partial charge in [0.25, 0.3) is 0 Å². The third-order valence-electron chi connectivity index (χ3n) is 1.30. The minimum absolute atomic E-state index is 0.389. The molecule has 1 rings (SSSR count). The van der Waals surface area contributed by atoms with Crippen molar-refractivity contribution in [2.24, 2.45) is 5.41 Å². The molecule has 0 aromatic heterocycles. The molecule has 0 aromatic rings. The van der Waals surface area contributed by atoms with Crippen molar-refractivity contribution >= 4 is 0 Å². The van der Waals surface area contributed by atoms with Crippen LogP contribution in [-0.4, -0.2) is 12.7 Å². The fraction of sp³-hybridized carbons (Fsp3) is 1.00. The van der Waals surface area contributed by atoms with E-state index in [-0.39, 0.29) is 0 Å². The molecular weight excluding hydrogens is 88.1 g/mol. The first-order valence-corrected chi connectivity index (χ1v) is 2.72. The standard InChI is InChI=1S/C6H12O/c1-6(2,3)5-4-7-5/h5H,4H2,1-3H3/t5-/m0/s1. The van der Waals surface area contributed by atoms with Gasteiger partial charge in [0.1, 0.15) is 0 Å². The molecule has 1 fully saturated rings. The van der Waals surface area contributed by atoms with Crippen molar-refractivity contribution in [3.63, 3.8) is 0 Å². The summed E-state index contributed by atoms with van der Waals surface area (Å²) < 4.78 is 5.07. The molecule has 0 amide bonds. The van der Waals surface area contributed by atoms with Crippen molar-refractivity contribution in [2.45, 2.75) is 26.9 Å². The van der Waals surface area contributed by atoms with E-state index in [0.717, 1.165) is 6.61 Å². The van der Waals surface area contributed by atoms with E-state index in [1.54, 1.807) is 0 Å². The summed E-state index contributed by atoms with van der Waals surface area (Å²) in [6.45, 7) is 7.57. The molecule has 0 aromatic carbocycles. The van der Waals surface area contributed by atoms with Crippen molar-refractivity contribution in [1.82, 2.24) is 0 Å². The molecule has 1 atom stereocenters. The summed E-state index contributed by atoms with van der Waals surface area (Å²) in [6, 6.07) is 0. The highest BCUT2D eigenvalue weighted by Crippen LogP contribution is 2.30. The Morgan fingerprint density at radius 2 is 1.86 bits per heavy atom. The van der Waals surface area contributed by atoms with E-state index >= 15 is 0 Å². The van der Waals surface area contributed by atoms with Gasteiger partial charge in [-0.2, -0.15) is 0 Å². The molecule has 0 unspecified atom stereocenters. The molecule has 0 spiro atoms. The van der Waals surface area contributed by atoms with Gasteiger partial charge in [0.05, 0.1) is 12.7 Å². The highest BCUT2D eigenvalue weighted by molar-refractivity contribution is 4.82. The first-order chi connectivity index (χ1) is 3.11. The minimum atomic E-state index is 0.389. The molecule has 1 heterocycles. The number of ether oxygens (including phenoxy) is 1. The van der Waals surface area contributed by atoms with Gasteiger partial charge in [-0.15, -0.1) is 0 Å². The molecule has 7 heavy (non-hydrogen) atoms. The second-order valence-corrected chi connectivity index (χ2v) is 3.19. The van der Waals surface area contributed by atoms with Crippen molar-refractivity contribution < 1.29 is 4.74 Å². The van der Waals surface area contributed by atoms with Crippen LogP contribution in [0.2, 0.25) is 0 Å². The summed E-state index contributed by atoms with van der Waals surface area (Å²) in [5.41, 5.74) is 0.389. The first kappa shape index (κ1) is 5.10. The van der Waals surface area contributed by atoms with Crippen LogP contribution in [0, 0.1) is 5.41 Å². The van der Waals surface area contributed by atoms with E-state index in [1.165, 1.54) is 0 Å². The highest BCUT2D eigenvalue weighted by atomic mass is 16.6. The predicted molar refractivity (Wildman–Crippen MR) is 29.2 cm³/mol. The Bertz CT molecular complexity index is 66.7. The van der Waals surface area contributed by atoms with Crippen LogP contribution in [0.15, 0.2) is 0 Å². The van der Waals surface area contributed by atoms with Crippen LogP contribution in [0.1, 0.15) is 20.8 Å². The molecule has 1 aliphatic rings. The van der Waals surface area contributed by atoms with E-state index in [4.69, 9.17) is 4.74 Å². The molecule has 1 nitrogen and oxygen atoms in total. The normalized spacial score (nSPS) is 30.4. The van der Waals surface area contributed by atoms with Crippen LogP contribution in [0.3, 0.4) is 0 Å². The lowest BCUT2D eigenvalue weighted by molar-refractivity contribution is 0.266. The van der Waals surface area contributed by atoms with E-state index in [1.807, 2.05) is 0 Å². The quantitative estimate of drug-likeness (QED) is 0.419. The zero-order chi connectivity index (χ0) is 5.49. The van der Waals surface area contributed by atoms with Crippen LogP contribution in [0.4, 0.5) is 0 Å². The third kappa shape index (κ3) is 1.16. The van der Waals surface area contributed by atoms with Crippen LogP contribution < -0.4 is 0 Å². The molecule has 0 aliphatic carbocycles. The average Bonchev–Trinajstić information content (AvgIpc) is 1.99. The Hall–Kier alpha value is -0.0400. The molecule has 0 radical (unpaired) electrons. The Kier molecular flexibility index (Phi) is 0.890. The maximum Gasteiger partial charge on any atom is 0.0858 e. The van der Waals surface area contributed by atoms with Crippen LogP contribution in [-0.2, 0) is 4.74 Å². The lowest BCUT2D eigenvalue weighted by Gasteiger charge is -2.12. The van der Waals surface area contributed by atoms with Crippen molar-refractivity contribution in [1.29, 1.82) is 0 Å². The lowest BCUT2D eigenvalue weighted by atomic mass is 9.93. The number of hydrogen-bond acceptors (Lipinski definition) is 1. The summed E-state index contributed by atoms with van der Waals surface area (Å²) >= 11 is 0. The molecule has 0 N–H and O–H groups in total. The van der Waals surface area contributed by atoms with Crippen LogP contribution in [0.5, 0.6) is 0 Å². The van der Waals surface area contributed by atoms with Gasteiger partial charge in [-0.1, -0.05) is 20.8 Å². The Morgan fingerprint density at radius 1 is 1.43 bits per heavy atom. The summed E-state index contributed by atoms with van der Waals surface area (Å²) in [5, 5.41) is 0. The zero-order valence-electron chi connectivity index (χ0n) is 5.19. The maximum atomic E-state index is 5.07. The van der Waals surface area contributed by atoms with E-state index in [9.17, 15) is 0 Å². The van der Waals surface area contributed by atoms with Gasteiger partial charge in [-0.05, 0) is 5.41 Å². The van der Waals surface area contributed by atoms with Gasteiger partial charge in [-0.25, -0.2) is 0 Å². The second kappa shape index (κ2) is 1.22. The van der Waals surface area contributed by atoms with Crippen molar-refractivity contribution in [3.05, 3.63) is 0 Å². The Balaban J connectivity index is 2.36. The molecule has 1 heteroatoms. The number of rotatable bonds is 0. The summed E-state index contributed by atoms with van der Waals surface area (Å²) in [4.78, 5) is 0. The average molecular weight is 100 g/mol. The van der Waals surface area contributed by atoms with E-state index < -0.39 is 0 Å². The lowest BCUT2D eigenvalue weighted by Crippen LogP contribution is -2.12. The topological polar surface area (TPSA) is 12.5 Å². The summed E-state index contributed by atoms with van der Waals surface area (Å²) in [7, 11) is 0. The fourth-order valence-corrected chi connectivity index (χ4v) is 0.548. The minimum Gasteiger partial charge on any atom is -0.373 e. The monoisotopic (exact) mass is 100 g/mol. The number of epoxide rings is 1. The van der Waals surface area contributed by atoms with Gasteiger partial charge < -0.3 is 4.74 Å². The number of hydrogen-bond donors (Lipinski definition) is 0. The van der Waals surface area contributed by atoms with Gasteiger partial charge in [0, 0.05) is 0 Å². The Labute approximate surface area is 44.7 Å². The summed E-state index contributed by atoms with van der Waals surface area (Å²) in [6.07, 6.45) is 0.549.